The van der Waals surface area contributed by atoms with Crippen molar-refractivity contribution in [1.29, 1.82) is 0 Å². The molecule has 2 aliphatic rings. The number of nitrogens with zero attached hydrogens (tertiary/aromatic N) is 4. The second-order valence-corrected chi connectivity index (χ2v) is 8.10. The number of hydrogen-bond donors (Lipinski definition) is 1. The van der Waals surface area contributed by atoms with Crippen LogP contribution in [0.1, 0.15) is 89.3 Å². The predicted molar refractivity (Wildman–Crippen MR) is 98.4 cm³/mol. The lowest BCUT2D eigenvalue weighted by Gasteiger charge is -2.35. The minimum absolute atomic E-state index is 0.0191. The highest BCUT2D eigenvalue weighted by Crippen LogP contribution is 2.29. The Morgan fingerprint density at radius 3 is 2.56 bits per heavy atom. The molecule has 3 rings (SSSR count). The first-order chi connectivity index (χ1) is 12.0. The van der Waals surface area contributed by atoms with Crippen molar-refractivity contribution in [3.63, 3.8) is 0 Å². The molecular formula is C19H33N5O. The summed E-state index contributed by atoms with van der Waals surface area (Å²) >= 11 is 0. The number of fused-ring (bicyclic) bond motifs is 1. The maximum Gasteiger partial charge on any atom is 0.317 e. The molecule has 0 radical (unpaired) electrons. The molecule has 0 spiro atoms. The van der Waals surface area contributed by atoms with Crippen LogP contribution in [0.3, 0.4) is 0 Å². The Balaban J connectivity index is 1.65. The van der Waals surface area contributed by atoms with E-state index in [2.05, 4.69) is 31.2 Å². The average Bonchev–Trinajstić information content (AvgIpc) is 3.07. The minimum atomic E-state index is -0.0257. The molecule has 2 heterocycles. The number of aromatic nitrogens is 3. The summed E-state index contributed by atoms with van der Waals surface area (Å²) < 4.78 is 1.98. The third-order valence-electron chi connectivity index (χ3n) is 5.97. The van der Waals surface area contributed by atoms with Crippen LogP contribution in [0.15, 0.2) is 0 Å². The number of urea groups is 1. The second-order valence-electron chi connectivity index (χ2n) is 8.10. The molecule has 140 valence electrons. The van der Waals surface area contributed by atoms with E-state index < -0.39 is 0 Å². The fraction of sp³-hybridized carbons (Fsp3) is 0.842. The van der Waals surface area contributed by atoms with Gasteiger partial charge in [-0.05, 0) is 38.5 Å². The van der Waals surface area contributed by atoms with Crippen LogP contribution in [0.25, 0.3) is 0 Å². The highest BCUT2D eigenvalue weighted by atomic mass is 16.2. The minimum Gasteiger partial charge on any atom is -0.328 e. The lowest BCUT2D eigenvalue weighted by Crippen LogP contribution is -2.47. The molecule has 6 nitrogen and oxygen atoms in total. The van der Waals surface area contributed by atoms with Crippen LogP contribution in [0.4, 0.5) is 4.79 Å². The van der Waals surface area contributed by atoms with E-state index in [4.69, 9.17) is 4.98 Å². The van der Waals surface area contributed by atoms with Crippen LogP contribution < -0.4 is 5.32 Å². The SMILES string of the molecule is CC(C)c1nc2n(n1)CCCC2NC(=O)N(C)C(C)C1CCCCC1. The summed E-state index contributed by atoms with van der Waals surface area (Å²) in [6.45, 7) is 7.30. The topological polar surface area (TPSA) is 63.1 Å². The zero-order valence-corrected chi connectivity index (χ0v) is 16.2. The number of nitrogens with one attached hydrogen (secondary N) is 1. The number of rotatable bonds is 4. The van der Waals surface area contributed by atoms with Gasteiger partial charge in [0.25, 0.3) is 0 Å². The maximum absolute atomic E-state index is 12.8. The van der Waals surface area contributed by atoms with E-state index in [-0.39, 0.29) is 18.1 Å². The highest BCUT2D eigenvalue weighted by molar-refractivity contribution is 5.74. The van der Waals surface area contributed by atoms with Gasteiger partial charge >= 0.3 is 6.03 Å². The van der Waals surface area contributed by atoms with Crippen LogP contribution in [-0.2, 0) is 6.54 Å². The van der Waals surface area contributed by atoms with Gasteiger partial charge in [0.2, 0.25) is 0 Å². The van der Waals surface area contributed by atoms with Gasteiger partial charge in [0.1, 0.15) is 5.82 Å². The largest absolute Gasteiger partial charge is 0.328 e. The zero-order chi connectivity index (χ0) is 18.0. The molecule has 25 heavy (non-hydrogen) atoms. The standard InChI is InChI=1S/C19H33N5O/c1-13(2)17-21-18-16(11-8-12-24(18)22-17)20-19(25)23(4)14(3)15-9-6-5-7-10-15/h13-16H,5-12H2,1-4H3,(H,20,25). The van der Waals surface area contributed by atoms with Crippen molar-refractivity contribution < 1.29 is 4.79 Å². The Morgan fingerprint density at radius 1 is 1.16 bits per heavy atom. The second kappa shape index (κ2) is 7.75. The predicted octanol–water partition coefficient (Wildman–Crippen LogP) is 3.85. The molecule has 1 aliphatic heterocycles. The average molecular weight is 348 g/mol. The third-order valence-corrected chi connectivity index (χ3v) is 5.97. The Bertz CT molecular complexity index is 591. The van der Waals surface area contributed by atoms with Gasteiger partial charge < -0.3 is 10.2 Å². The summed E-state index contributed by atoms with van der Waals surface area (Å²) in [7, 11) is 1.93. The lowest BCUT2D eigenvalue weighted by molar-refractivity contribution is 0.151. The first kappa shape index (κ1) is 18.2. The smallest absolute Gasteiger partial charge is 0.317 e. The molecule has 1 aromatic heterocycles. The Morgan fingerprint density at radius 2 is 1.88 bits per heavy atom. The van der Waals surface area contributed by atoms with Crippen molar-refractivity contribution in [2.24, 2.45) is 5.92 Å². The molecular weight excluding hydrogens is 314 g/mol. The molecule has 1 saturated carbocycles. The molecule has 6 heteroatoms. The summed E-state index contributed by atoms with van der Waals surface area (Å²) in [6, 6.07) is 0.279. The molecule has 1 aromatic rings. The normalized spacial score (nSPS) is 22.5. The van der Waals surface area contributed by atoms with Crippen LogP contribution in [-0.4, -0.2) is 38.8 Å². The van der Waals surface area contributed by atoms with Gasteiger partial charge in [0, 0.05) is 25.6 Å². The number of aryl methyl sites for hydroxylation is 1. The van der Waals surface area contributed by atoms with Gasteiger partial charge in [-0.15, -0.1) is 0 Å². The van der Waals surface area contributed by atoms with Crippen molar-refractivity contribution in [2.75, 3.05) is 7.05 Å². The number of amides is 2. The van der Waals surface area contributed by atoms with E-state index in [1.165, 1.54) is 32.1 Å². The van der Waals surface area contributed by atoms with Crippen molar-refractivity contribution in [1.82, 2.24) is 25.0 Å². The molecule has 1 aliphatic carbocycles. The van der Waals surface area contributed by atoms with Crippen molar-refractivity contribution in [2.45, 2.75) is 90.3 Å². The van der Waals surface area contributed by atoms with Crippen LogP contribution in [0, 0.1) is 5.92 Å². The first-order valence-corrected chi connectivity index (χ1v) is 9.95. The van der Waals surface area contributed by atoms with Crippen LogP contribution in [0.2, 0.25) is 0 Å². The first-order valence-electron chi connectivity index (χ1n) is 9.95. The third kappa shape index (κ3) is 3.98. The molecule has 2 unspecified atom stereocenters. The molecule has 1 fully saturated rings. The van der Waals surface area contributed by atoms with Crippen molar-refractivity contribution >= 4 is 6.03 Å². The van der Waals surface area contributed by atoms with Gasteiger partial charge in [-0.1, -0.05) is 33.1 Å². The molecule has 0 aromatic carbocycles. The number of carbonyl (C=O) groups excluding carboxylic acids is 1. The van der Waals surface area contributed by atoms with E-state index in [0.717, 1.165) is 31.0 Å². The van der Waals surface area contributed by atoms with E-state index in [9.17, 15) is 4.79 Å². The van der Waals surface area contributed by atoms with Gasteiger partial charge in [0.15, 0.2) is 5.82 Å². The van der Waals surface area contributed by atoms with E-state index >= 15 is 0 Å². The van der Waals surface area contributed by atoms with E-state index in [1.807, 2.05) is 16.6 Å². The van der Waals surface area contributed by atoms with E-state index in [0.29, 0.717) is 11.8 Å². The Hall–Kier alpha value is -1.59. The fourth-order valence-corrected chi connectivity index (χ4v) is 4.12. The summed E-state index contributed by atoms with van der Waals surface area (Å²) in [5.74, 6) is 2.73. The maximum atomic E-state index is 12.8. The molecule has 0 saturated heterocycles. The van der Waals surface area contributed by atoms with Crippen molar-refractivity contribution in [3.8, 4) is 0 Å². The molecule has 2 amide bonds. The highest BCUT2D eigenvalue weighted by Gasteiger charge is 2.30. The summed E-state index contributed by atoms with van der Waals surface area (Å²) in [4.78, 5) is 19.4. The van der Waals surface area contributed by atoms with E-state index in [1.54, 1.807) is 0 Å². The quantitative estimate of drug-likeness (QED) is 0.900. The van der Waals surface area contributed by atoms with Gasteiger partial charge in [-0.2, -0.15) is 5.10 Å². The lowest BCUT2D eigenvalue weighted by atomic mass is 9.84. The summed E-state index contributed by atoms with van der Waals surface area (Å²) in [5, 5.41) is 7.81. The van der Waals surface area contributed by atoms with Crippen LogP contribution in [0.5, 0.6) is 0 Å². The van der Waals surface area contributed by atoms with Gasteiger partial charge in [-0.3, -0.25) is 0 Å². The zero-order valence-electron chi connectivity index (χ0n) is 16.2. The Kier molecular flexibility index (Phi) is 5.64. The number of hydrogen-bond acceptors (Lipinski definition) is 3. The summed E-state index contributed by atoms with van der Waals surface area (Å²) in [5.41, 5.74) is 0. The fourth-order valence-electron chi connectivity index (χ4n) is 4.12. The molecule has 1 N–H and O–H groups in total. The van der Waals surface area contributed by atoms with Gasteiger partial charge in [-0.25, -0.2) is 14.5 Å². The number of carbonyl (C=O) groups is 1. The molecule has 2 atom stereocenters. The van der Waals surface area contributed by atoms with Crippen molar-refractivity contribution in [3.05, 3.63) is 11.6 Å². The van der Waals surface area contributed by atoms with Gasteiger partial charge in [0.05, 0.1) is 6.04 Å². The monoisotopic (exact) mass is 347 g/mol. The Labute approximate surface area is 151 Å². The molecule has 0 bridgehead atoms. The van der Waals surface area contributed by atoms with Crippen LogP contribution >= 0.6 is 0 Å². The summed E-state index contributed by atoms with van der Waals surface area (Å²) in [6.07, 6.45) is 8.40.